The van der Waals surface area contributed by atoms with Gasteiger partial charge in [-0.2, -0.15) is 5.10 Å². The fourth-order valence-corrected chi connectivity index (χ4v) is 3.50. The molecule has 5 rings (SSSR count). The van der Waals surface area contributed by atoms with Crippen LogP contribution in [0.15, 0.2) is 67.5 Å². The standard InChI is InChI=1S/C21H20N6O/c1-3-16(18-6-7-21(22-12-18)26-14-23-24-15-26)11-17(4-1)20-8-9-27(25-20)13-19-5-2-10-28-19/h1,3-4,6-9,11-12,14-15,19H,2,5,10,13H2/t19-/m1/s1. The zero-order chi connectivity index (χ0) is 18.8. The van der Waals surface area contributed by atoms with Gasteiger partial charge in [-0.3, -0.25) is 9.25 Å². The van der Waals surface area contributed by atoms with Gasteiger partial charge in [-0.05, 0) is 42.7 Å². The zero-order valence-corrected chi connectivity index (χ0v) is 15.3. The summed E-state index contributed by atoms with van der Waals surface area (Å²) in [6.45, 7) is 1.68. The number of hydrogen-bond donors (Lipinski definition) is 0. The van der Waals surface area contributed by atoms with Gasteiger partial charge in [0.25, 0.3) is 0 Å². The third-order valence-corrected chi connectivity index (χ3v) is 4.98. The van der Waals surface area contributed by atoms with Gasteiger partial charge in [-0.25, -0.2) is 4.98 Å². The molecule has 1 aliphatic heterocycles. The molecule has 7 nitrogen and oxygen atoms in total. The van der Waals surface area contributed by atoms with E-state index in [0.717, 1.165) is 54.2 Å². The molecule has 4 aromatic rings. The second-order valence-electron chi connectivity index (χ2n) is 6.91. The van der Waals surface area contributed by atoms with Crippen LogP contribution in [-0.2, 0) is 11.3 Å². The van der Waals surface area contributed by atoms with E-state index >= 15 is 0 Å². The fraction of sp³-hybridized carbons (Fsp3) is 0.238. The van der Waals surface area contributed by atoms with Crippen LogP contribution in [0.4, 0.5) is 0 Å². The Bertz CT molecular complexity index is 1050. The molecule has 0 N–H and O–H groups in total. The minimum Gasteiger partial charge on any atom is -0.376 e. The molecule has 7 heteroatoms. The van der Waals surface area contributed by atoms with Crippen molar-refractivity contribution in [1.29, 1.82) is 0 Å². The van der Waals surface area contributed by atoms with Crippen LogP contribution in [0.3, 0.4) is 0 Å². The maximum Gasteiger partial charge on any atom is 0.139 e. The first-order valence-corrected chi connectivity index (χ1v) is 9.42. The van der Waals surface area contributed by atoms with Gasteiger partial charge in [0, 0.05) is 30.1 Å². The molecule has 0 unspecified atom stereocenters. The van der Waals surface area contributed by atoms with Gasteiger partial charge >= 0.3 is 0 Å². The Kier molecular flexibility index (Phi) is 4.42. The van der Waals surface area contributed by atoms with Gasteiger partial charge < -0.3 is 4.74 Å². The highest BCUT2D eigenvalue weighted by Crippen LogP contribution is 2.26. The summed E-state index contributed by atoms with van der Waals surface area (Å²) in [5.74, 6) is 0.790. The molecule has 0 amide bonds. The summed E-state index contributed by atoms with van der Waals surface area (Å²) in [5, 5.41) is 12.4. The van der Waals surface area contributed by atoms with Gasteiger partial charge in [-0.15, -0.1) is 10.2 Å². The summed E-state index contributed by atoms with van der Waals surface area (Å²) in [6, 6.07) is 14.4. The predicted octanol–water partition coefficient (Wildman–Crippen LogP) is 3.37. The molecule has 0 radical (unpaired) electrons. The van der Waals surface area contributed by atoms with Crippen LogP contribution >= 0.6 is 0 Å². The SMILES string of the molecule is c1cc(-c2ccc(-n3cnnc3)nc2)cc(-c2ccn(C[C@H]3CCCO3)n2)c1. The molecule has 0 spiro atoms. The topological polar surface area (TPSA) is 70.7 Å². The lowest BCUT2D eigenvalue weighted by Gasteiger charge is -2.09. The molecule has 0 aliphatic carbocycles. The van der Waals surface area contributed by atoms with Crippen LogP contribution in [0.2, 0.25) is 0 Å². The summed E-state index contributed by atoms with van der Waals surface area (Å²) >= 11 is 0. The van der Waals surface area contributed by atoms with Crippen molar-refractivity contribution in [3.05, 3.63) is 67.5 Å². The molecular weight excluding hydrogens is 352 g/mol. The van der Waals surface area contributed by atoms with E-state index in [9.17, 15) is 0 Å². The quantitative estimate of drug-likeness (QED) is 0.537. The predicted molar refractivity (Wildman–Crippen MR) is 105 cm³/mol. The molecule has 4 heterocycles. The summed E-state index contributed by atoms with van der Waals surface area (Å²) < 4.78 is 9.47. The van der Waals surface area contributed by atoms with Gasteiger partial charge in [-0.1, -0.05) is 18.2 Å². The molecular formula is C21H20N6O. The maximum absolute atomic E-state index is 5.71. The first-order valence-electron chi connectivity index (χ1n) is 9.42. The van der Waals surface area contributed by atoms with Crippen molar-refractivity contribution in [2.75, 3.05) is 6.61 Å². The Morgan fingerprint density at radius 2 is 1.89 bits per heavy atom. The number of benzene rings is 1. The molecule has 28 heavy (non-hydrogen) atoms. The largest absolute Gasteiger partial charge is 0.376 e. The number of hydrogen-bond acceptors (Lipinski definition) is 5. The zero-order valence-electron chi connectivity index (χ0n) is 15.3. The van der Waals surface area contributed by atoms with Crippen molar-refractivity contribution >= 4 is 0 Å². The second-order valence-corrected chi connectivity index (χ2v) is 6.91. The summed E-state index contributed by atoms with van der Waals surface area (Å²) in [7, 11) is 0. The minimum atomic E-state index is 0.286. The number of rotatable bonds is 5. The summed E-state index contributed by atoms with van der Waals surface area (Å²) in [5.41, 5.74) is 4.21. The molecule has 0 saturated carbocycles. The molecule has 0 bridgehead atoms. The minimum absolute atomic E-state index is 0.286. The van der Waals surface area contributed by atoms with Crippen molar-refractivity contribution in [2.45, 2.75) is 25.5 Å². The van der Waals surface area contributed by atoms with Crippen LogP contribution < -0.4 is 0 Å². The van der Waals surface area contributed by atoms with Crippen molar-refractivity contribution in [1.82, 2.24) is 29.5 Å². The van der Waals surface area contributed by atoms with E-state index in [2.05, 4.69) is 51.6 Å². The van der Waals surface area contributed by atoms with E-state index < -0.39 is 0 Å². The monoisotopic (exact) mass is 372 g/mol. The lowest BCUT2D eigenvalue weighted by molar-refractivity contribution is 0.0940. The Morgan fingerprint density at radius 3 is 2.68 bits per heavy atom. The van der Waals surface area contributed by atoms with E-state index in [1.165, 1.54) is 0 Å². The molecule has 140 valence electrons. The fourth-order valence-electron chi connectivity index (χ4n) is 3.50. The summed E-state index contributed by atoms with van der Waals surface area (Å²) in [4.78, 5) is 4.51. The van der Waals surface area contributed by atoms with E-state index in [0.29, 0.717) is 0 Å². The van der Waals surface area contributed by atoms with E-state index in [1.54, 1.807) is 17.2 Å². The Morgan fingerprint density at radius 1 is 1.00 bits per heavy atom. The third kappa shape index (κ3) is 3.44. The number of pyridine rings is 1. The van der Waals surface area contributed by atoms with Crippen molar-refractivity contribution < 1.29 is 4.74 Å². The van der Waals surface area contributed by atoms with E-state index in [4.69, 9.17) is 9.84 Å². The molecule has 1 saturated heterocycles. The van der Waals surface area contributed by atoms with Gasteiger partial charge in [0.05, 0.1) is 18.3 Å². The second kappa shape index (κ2) is 7.36. The van der Waals surface area contributed by atoms with Crippen LogP contribution in [0, 0.1) is 0 Å². The van der Waals surface area contributed by atoms with Crippen molar-refractivity contribution in [3.8, 4) is 28.2 Å². The number of nitrogens with zero attached hydrogens (tertiary/aromatic N) is 6. The Hall–Kier alpha value is -3.32. The van der Waals surface area contributed by atoms with Gasteiger partial charge in [0.15, 0.2) is 0 Å². The molecule has 1 atom stereocenters. The first kappa shape index (κ1) is 16.8. The van der Waals surface area contributed by atoms with Crippen molar-refractivity contribution in [2.24, 2.45) is 0 Å². The molecule has 1 aromatic carbocycles. The lowest BCUT2D eigenvalue weighted by atomic mass is 10.0. The third-order valence-electron chi connectivity index (χ3n) is 4.98. The maximum atomic E-state index is 5.71. The molecule has 1 aliphatic rings. The first-order chi connectivity index (χ1) is 13.8. The van der Waals surface area contributed by atoms with E-state index in [1.807, 2.05) is 23.1 Å². The van der Waals surface area contributed by atoms with Crippen LogP contribution in [0.1, 0.15) is 12.8 Å². The Balaban J connectivity index is 1.37. The summed E-state index contributed by atoms with van der Waals surface area (Å²) in [6.07, 6.45) is 9.71. The number of aromatic nitrogens is 6. The average Bonchev–Trinajstić information content (AvgIpc) is 3.52. The van der Waals surface area contributed by atoms with Crippen LogP contribution in [-0.4, -0.2) is 42.2 Å². The van der Waals surface area contributed by atoms with Crippen LogP contribution in [0.25, 0.3) is 28.2 Å². The highest BCUT2D eigenvalue weighted by molar-refractivity contribution is 5.71. The van der Waals surface area contributed by atoms with Crippen LogP contribution in [0.5, 0.6) is 0 Å². The molecule has 3 aromatic heterocycles. The highest BCUT2D eigenvalue weighted by atomic mass is 16.5. The smallest absolute Gasteiger partial charge is 0.139 e. The van der Waals surface area contributed by atoms with E-state index in [-0.39, 0.29) is 6.10 Å². The normalized spacial score (nSPS) is 16.5. The van der Waals surface area contributed by atoms with Gasteiger partial charge in [0.2, 0.25) is 0 Å². The van der Waals surface area contributed by atoms with Crippen molar-refractivity contribution in [3.63, 3.8) is 0 Å². The van der Waals surface area contributed by atoms with Gasteiger partial charge in [0.1, 0.15) is 18.5 Å². The number of ether oxygens (including phenoxy) is 1. The Labute approximate surface area is 162 Å². The highest BCUT2D eigenvalue weighted by Gasteiger charge is 2.16. The molecule has 1 fully saturated rings. The lowest BCUT2D eigenvalue weighted by Crippen LogP contribution is -2.15. The average molecular weight is 372 g/mol.